The molecule has 1 N–H and O–H groups in total. The van der Waals surface area contributed by atoms with E-state index in [1.54, 1.807) is 48.1 Å². The number of aryl methyl sites for hydroxylation is 1. The molecular formula is C34H35FN6O3. The third-order valence-corrected chi connectivity index (χ3v) is 9.28. The van der Waals surface area contributed by atoms with Crippen LogP contribution in [0.1, 0.15) is 61.8 Å². The summed E-state index contributed by atoms with van der Waals surface area (Å²) < 4.78 is 16.8. The number of rotatable bonds is 8. The van der Waals surface area contributed by atoms with Crippen molar-refractivity contribution in [3.8, 4) is 11.3 Å². The molecule has 1 saturated heterocycles. The van der Waals surface area contributed by atoms with Gasteiger partial charge in [-0.2, -0.15) is 0 Å². The van der Waals surface area contributed by atoms with Crippen molar-refractivity contribution in [2.24, 2.45) is 5.41 Å². The zero-order valence-corrected chi connectivity index (χ0v) is 25.3. The number of fused-ring (bicyclic) bond motifs is 2. The molecule has 3 atom stereocenters. The largest absolute Gasteiger partial charge is 0.348 e. The second-order valence-corrected chi connectivity index (χ2v) is 12.2. The molecule has 1 aliphatic heterocycles. The minimum absolute atomic E-state index is 0.0593. The third kappa shape index (κ3) is 5.29. The zero-order chi connectivity index (χ0) is 31.2. The Morgan fingerprint density at radius 2 is 1.80 bits per heavy atom. The predicted molar refractivity (Wildman–Crippen MR) is 165 cm³/mol. The van der Waals surface area contributed by atoms with E-state index < -0.39 is 11.9 Å². The number of hydrogen-bond donors (Lipinski definition) is 1. The van der Waals surface area contributed by atoms with Gasteiger partial charge < -0.3 is 14.8 Å². The third-order valence-electron chi connectivity index (χ3n) is 9.28. The van der Waals surface area contributed by atoms with Crippen LogP contribution in [0.2, 0.25) is 0 Å². The van der Waals surface area contributed by atoms with Crippen molar-refractivity contribution in [3.63, 3.8) is 0 Å². The Labute approximate surface area is 255 Å². The maximum atomic E-state index is 15.0. The van der Waals surface area contributed by atoms with Gasteiger partial charge in [0.05, 0.1) is 24.0 Å². The molecule has 2 fully saturated rings. The molecule has 0 unspecified atom stereocenters. The van der Waals surface area contributed by atoms with Gasteiger partial charge in [-0.15, -0.1) is 0 Å². The van der Waals surface area contributed by atoms with Crippen molar-refractivity contribution < 1.29 is 18.8 Å². The molecule has 1 aliphatic carbocycles. The number of Topliss-reactive ketones (excluding diaryl/α,β-unsaturated/α-hetero) is 1. The van der Waals surface area contributed by atoms with Crippen LogP contribution in [0.25, 0.3) is 27.7 Å². The molecule has 44 heavy (non-hydrogen) atoms. The van der Waals surface area contributed by atoms with Gasteiger partial charge in [0.2, 0.25) is 11.8 Å². The van der Waals surface area contributed by atoms with Crippen molar-refractivity contribution in [1.29, 1.82) is 0 Å². The smallest absolute Gasteiger partial charge is 0.243 e. The van der Waals surface area contributed by atoms with E-state index in [2.05, 4.69) is 27.2 Å². The summed E-state index contributed by atoms with van der Waals surface area (Å²) >= 11 is 0. The van der Waals surface area contributed by atoms with Crippen molar-refractivity contribution in [2.45, 2.75) is 65.6 Å². The lowest BCUT2D eigenvalue weighted by Crippen LogP contribution is -2.53. The minimum atomic E-state index is -0.704. The SMILES string of the molecule is CC(=O)c1cn(CC(=O)N2[C@H](C(=O)NC/C(F)=C(/C)c3ccccc3)C[C@@]3(C)CC[C@@H]23)c2cnc(-c3cnc(C)nc3)cc12. The lowest BCUT2D eigenvalue weighted by atomic mass is 9.66. The van der Waals surface area contributed by atoms with E-state index in [9.17, 15) is 14.4 Å². The Bertz CT molecular complexity index is 1800. The van der Waals surface area contributed by atoms with Crippen LogP contribution in [0.15, 0.2) is 67.0 Å². The molecule has 4 aromatic rings. The summed E-state index contributed by atoms with van der Waals surface area (Å²) in [6, 6.07) is 10.2. The van der Waals surface area contributed by atoms with Gasteiger partial charge in [0.15, 0.2) is 5.78 Å². The highest BCUT2D eigenvalue weighted by Crippen LogP contribution is 2.54. The van der Waals surface area contributed by atoms with Crippen LogP contribution in [-0.2, 0) is 16.1 Å². The van der Waals surface area contributed by atoms with E-state index in [4.69, 9.17) is 0 Å². The van der Waals surface area contributed by atoms with Crippen LogP contribution in [0.5, 0.6) is 0 Å². The molecule has 0 spiro atoms. The molecule has 1 saturated carbocycles. The fraction of sp³-hybridized carbons (Fsp3) is 0.353. The second-order valence-electron chi connectivity index (χ2n) is 12.2. The first-order chi connectivity index (χ1) is 21.1. The maximum absolute atomic E-state index is 15.0. The summed E-state index contributed by atoms with van der Waals surface area (Å²) in [4.78, 5) is 54.8. The Kier molecular flexibility index (Phi) is 7.61. The van der Waals surface area contributed by atoms with Crippen LogP contribution < -0.4 is 5.32 Å². The van der Waals surface area contributed by atoms with E-state index in [1.807, 2.05) is 36.4 Å². The van der Waals surface area contributed by atoms with Gasteiger partial charge in [0.25, 0.3) is 0 Å². The fourth-order valence-corrected chi connectivity index (χ4v) is 6.57. The zero-order valence-electron chi connectivity index (χ0n) is 25.3. The molecule has 0 radical (unpaired) electrons. The number of benzene rings is 1. The number of nitrogens with zero attached hydrogens (tertiary/aromatic N) is 5. The van der Waals surface area contributed by atoms with Gasteiger partial charge in [-0.25, -0.2) is 14.4 Å². The van der Waals surface area contributed by atoms with Crippen LogP contribution in [0.4, 0.5) is 4.39 Å². The fourth-order valence-electron chi connectivity index (χ4n) is 6.57. The van der Waals surface area contributed by atoms with E-state index >= 15 is 4.39 Å². The normalized spacial score (nSPS) is 21.4. The standard InChI is InChI=1S/C34H35FN6O3/c1-20(23-8-6-5-7-9-23)27(35)16-39-33(44)29-13-34(4)11-10-31(34)41(29)32(43)19-40-18-26(21(2)42)25-12-28(38-17-30(25)40)24-14-36-22(3)37-15-24/h5-9,12,14-15,17-18,29,31H,10-11,13,16,19H2,1-4H3,(H,39,44)/b27-20+/t29-,31+,34+/m0/s1. The maximum Gasteiger partial charge on any atom is 0.243 e. The van der Waals surface area contributed by atoms with Crippen molar-refractivity contribution in [3.05, 3.63) is 84.0 Å². The lowest BCUT2D eigenvalue weighted by Gasteiger charge is -2.44. The van der Waals surface area contributed by atoms with Gasteiger partial charge in [-0.05, 0) is 62.7 Å². The van der Waals surface area contributed by atoms with Gasteiger partial charge in [-0.1, -0.05) is 37.3 Å². The van der Waals surface area contributed by atoms with Gasteiger partial charge in [0, 0.05) is 41.1 Å². The van der Waals surface area contributed by atoms with Crippen LogP contribution in [-0.4, -0.2) is 60.6 Å². The number of nitrogens with one attached hydrogen (secondary N) is 1. The quantitative estimate of drug-likeness (QED) is 0.278. The molecule has 3 aromatic heterocycles. The number of carbonyl (C=O) groups excluding carboxylic acids is 3. The van der Waals surface area contributed by atoms with Gasteiger partial charge in [-0.3, -0.25) is 19.4 Å². The summed E-state index contributed by atoms with van der Waals surface area (Å²) in [7, 11) is 0. The van der Waals surface area contributed by atoms with E-state index in [-0.39, 0.29) is 42.1 Å². The molecule has 10 heteroatoms. The van der Waals surface area contributed by atoms with Gasteiger partial charge >= 0.3 is 0 Å². The summed E-state index contributed by atoms with van der Waals surface area (Å²) in [5.41, 5.74) is 3.50. The van der Waals surface area contributed by atoms with E-state index in [0.29, 0.717) is 40.0 Å². The average Bonchev–Trinajstić information content (AvgIpc) is 3.48. The number of likely N-dealkylation sites (tertiary alicyclic amines) is 1. The molecule has 226 valence electrons. The molecule has 2 aliphatic rings. The van der Waals surface area contributed by atoms with Crippen LogP contribution >= 0.6 is 0 Å². The summed E-state index contributed by atoms with van der Waals surface area (Å²) in [6.45, 7) is 6.78. The first kappa shape index (κ1) is 29.3. The van der Waals surface area contributed by atoms with Crippen LogP contribution in [0, 0.1) is 12.3 Å². The molecule has 4 heterocycles. The van der Waals surface area contributed by atoms with Crippen LogP contribution in [0.3, 0.4) is 0 Å². The number of aromatic nitrogens is 4. The summed E-state index contributed by atoms with van der Waals surface area (Å²) in [5, 5.41) is 3.42. The molecule has 0 bridgehead atoms. The Morgan fingerprint density at radius 3 is 2.45 bits per heavy atom. The first-order valence-electron chi connectivity index (χ1n) is 14.8. The number of halogens is 1. The minimum Gasteiger partial charge on any atom is -0.348 e. The highest BCUT2D eigenvalue weighted by molar-refractivity contribution is 6.07. The monoisotopic (exact) mass is 594 g/mol. The first-order valence-corrected chi connectivity index (χ1v) is 14.8. The van der Waals surface area contributed by atoms with Crippen molar-refractivity contribution in [1.82, 2.24) is 29.7 Å². The Balaban J connectivity index is 1.24. The van der Waals surface area contributed by atoms with Crippen molar-refractivity contribution in [2.75, 3.05) is 6.54 Å². The number of ketones is 1. The number of hydrogen-bond acceptors (Lipinski definition) is 6. The predicted octanol–water partition coefficient (Wildman–Crippen LogP) is 5.29. The number of allylic oxidation sites excluding steroid dienone is 1. The van der Waals surface area contributed by atoms with E-state index in [0.717, 1.165) is 24.0 Å². The highest BCUT2D eigenvalue weighted by atomic mass is 19.1. The molecule has 9 nitrogen and oxygen atoms in total. The number of carbonyl (C=O) groups is 3. The molecule has 6 rings (SSSR count). The Hall–Kier alpha value is -4.73. The highest BCUT2D eigenvalue weighted by Gasteiger charge is 2.58. The van der Waals surface area contributed by atoms with Crippen molar-refractivity contribution >= 4 is 34.1 Å². The summed E-state index contributed by atoms with van der Waals surface area (Å²) in [6.07, 6.45) is 8.94. The topological polar surface area (TPSA) is 110 Å². The number of amides is 2. The molecule has 2 amide bonds. The molecular weight excluding hydrogens is 559 g/mol. The average molecular weight is 595 g/mol. The van der Waals surface area contributed by atoms with Gasteiger partial charge in [0.1, 0.15) is 24.2 Å². The Morgan fingerprint density at radius 1 is 1.07 bits per heavy atom. The second kappa shape index (κ2) is 11.4. The van der Waals surface area contributed by atoms with E-state index in [1.165, 1.54) is 6.92 Å². The lowest BCUT2D eigenvalue weighted by molar-refractivity contribution is -0.142. The number of pyridine rings is 1. The summed E-state index contributed by atoms with van der Waals surface area (Å²) in [5.74, 6) is -0.501. The molecule has 1 aromatic carbocycles.